The molecule has 3 nitrogen and oxygen atoms in total. The van der Waals surface area contributed by atoms with E-state index in [2.05, 4.69) is 46.9 Å². The second-order valence-electron chi connectivity index (χ2n) is 4.26. The Balaban J connectivity index is 2.58. The number of hydrogen-bond acceptors (Lipinski definition) is 3. The first-order chi connectivity index (χ1) is 8.06. The number of nitrogen functional groups attached to an aromatic ring is 1. The highest BCUT2D eigenvalue weighted by Gasteiger charge is 2.08. The Morgan fingerprint density at radius 1 is 1.35 bits per heavy atom. The maximum atomic E-state index is 5.96. The molecule has 1 atom stereocenters. The zero-order chi connectivity index (χ0) is 12.8. The minimum absolute atomic E-state index is 0.387. The van der Waals surface area contributed by atoms with Gasteiger partial charge >= 0.3 is 0 Å². The second-order valence-corrected chi connectivity index (χ2v) is 5.18. The molecule has 0 fully saturated rings. The zero-order valence-corrected chi connectivity index (χ0v) is 12.4. The fraction of sp³-hybridized carbons (Fsp3) is 0.538. The summed E-state index contributed by atoms with van der Waals surface area (Å²) in [6.07, 6.45) is 0. The number of nitrogens with two attached hydrogens (primary N) is 1. The first-order valence-electron chi connectivity index (χ1n) is 6.10. The van der Waals surface area contributed by atoms with E-state index in [4.69, 9.17) is 5.73 Å². The molecule has 1 rings (SSSR count). The van der Waals surface area contributed by atoms with Gasteiger partial charge in [0.15, 0.2) is 0 Å². The Kier molecular flexibility index (Phi) is 5.78. The maximum absolute atomic E-state index is 5.96. The number of rotatable bonds is 6. The van der Waals surface area contributed by atoms with Crippen LogP contribution < -0.4 is 11.1 Å². The lowest BCUT2D eigenvalue weighted by molar-refractivity contribution is 0.295. The fourth-order valence-electron chi connectivity index (χ4n) is 1.85. The predicted molar refractivity (Wildman–Crippen MR) is 79.4 cm³/mol. The van der Waals surface area contributed by atoms with Gasteiger partial charge < -0.3 is 16.0 Å². The molecule has 0 amide bonds. The van der Waals surface area contributed by atoms with Crippen molar-refractivity contribution in [1.82, 2.24) is 4.90 Å². The van der Waals surface area contributed by atoms with Crippen LogP contribution in [-0.4, -0.2) is 30.6 Å². The van der Waals surface area contributed by atoms with Crippen LogP contribution in [0.2, 0.25) is 0 Å². The van der Waals surface area contributed by atoms with Crippen molar-refractivity contribution >= 4 is 27.3 Å². The van der Waals surface area contributed by atoms with E-state index in [1.54, 1.807) is 0 Å². The Morgan fingerprint density at radius 2 is 2.00 bits per heavy atom. The second kappa shape index (κ2) is 6.87. The van der Waals surface area contributed by atoms with Crippen molar-refractivity contribution in [3.05, 3.63) is 22.7 Å². The molecule has 0 bridgehead atoms. The zero-order valence-electron chi connectivity index (χ0n) is 10.8. The van der Waals surface area contributed by atoms with Gasteiger partial charge in [0.05, 0.1) is 11.4 Å². The highest BCUT2D eigenvalue weighted by Crippen LogP contribution is 2.23. The molecule has 1 aromatic carbocycles. The van der Waals surface area contributed by atoms with Gasteiger partial charge in [0.1, 0.15) is 0 Å². The molecule has 0 aliphatic rings. The summed E-state index contributed by atoms with van der Waals surface area (Å²) in [6, 6.07) is 6.33. The third kappa shape index (κ3) is 4.56. The van der Waals surface area contributed by atoms with E-state index in [1.807, 2.05) is 18.2 Å². The number of anilines is 2. The number of halogens is 1. The predicted octanol–water partition coefficient (Wildman–Crippen LogP) is 3.17. The molecule has 0 radical (unpaired) electrons. The molecule has 96 valence electrons. The van der Waals surface area contributed by atoms with Gasteiger partial charge in [-0.2, -0.15) is 0 Å². The lowest BCUT2D eigenvalue weighted by Crippen LogP contribution is -2.34. The van der Waals surface area contributed by atoms with Crippen LogP contribution in [0.15, 0.2) is 22.7 Å². The first-order valence-corrected chi connectivity index (χ1v) is 6.90. The lowest BCUT2D eigenvalue weighted by atomic mass is 10.2. The summed E-state index contributed by atoms with van der Waals surface area (Å²) in [5, 5.41) is 3.45. The summed E-state index contributed by atoms with van der Waals surface area (Å²) >= 11 is 3.41. The standard InChI is InChI=1S/C13H22BrN3/c1-4-17(5-2)9-10(3)16-13-7-6-11(14)8-12(13)15/h6-8,10,16H,4-5,9,15H2,1-3H3. The van der Waals surface area contributed by atoms with E-state index in [0.717, 1.165) is 35.5 Å². The Labute approximate surface area is 113 Å². The van der Waals surface area contributed by atoms with Crippen LogP contribution >= 0.6 is 15.9 Å². The van der Waals surface area contributed by atoms with Crippen molar-refractivity contribution in [2.75, 3.05) is 30.7 Å². The van der Waals surface area contributed by atoms with Gasteiger partial charge in [0, 0.05) is 17.1 Å². The highest BCUT2D eigenvalue weighted by atomic mass is 79.9. The minimum atomic E-state index is 0.387. The van der Waals surface area contributed by atoms with Crippen molar-refractivity contribution in [3.63, 3.8) is 0 Å². The fourth-order valence-corrected chi connectivity index (χ4v) is 2.22. The molecule has 17 heavy (non-hydrogen) atoms. The molecular weight excluding hydrogens is 278 g/mol. The van der Waals surface area contributed by atoms with Gasteiger partial charge in [-0.3, -0.25) is 0 Å². The van der Waals surface area contributed by atoms with Crippen molar-refractivity contribution in [1.29, 1.82) is 0 Å². The van der Waals surface area contributed by atoms with Crippen LogP contribution in [-0.2, 0) is 0 Å². The van der Waals surface area contributed by atoms with E-state index >= 15 is 0 Å². The van der Waals surface area contributed by atoms with Gasteiger partial charge in [-0.25, -0.2) is 0 Å². The van der Waals surface area contributed by atoms with Crippen LogP contribution in [0.5, 0.6) is 0 Å². The van der Waals surface area contributed by atoms with Gasteiger partial charge in [-0.1, -0.05) is 29.8 Å². The molecule has 0 saturated heterocycles. The van der Waals surface area contributed by atoms with Gasteiger partial charge in [-0.05, 0) is 38.2 Å². The number of nitrogens with zero attached hydrogens (tertiary/aromatic N) is 1. The van der Waals surface area contributed by atoms with Crippen molar-refractivity contribution in [3.8, 4) is 0 Å². The molecule has 1 aromatic rings. The van der Waals surface area contributed by atoms with Crippen molar-refractivity contribution in [2.24, 2.45) is 0 Å². The SMILES string of the molecule is CCN(CC)CC(C)Nc1ccc(Br)cc1N. The normalized spacial score (nSPS) is 12.8. The average Bonchev–Trinajstić information content (AvgIpc) is 2.29. The molecule has 0 aliphatic carbocycles. The van der Waals surface area contributed by atoms with Gasteiger partial charge in [-0.15, -0.1) is 0 Å². The molecule has 0 spiro atoms. The Bertz CT molecular complexity index is 351. The number of likely N-dealkylation sites (N-methyl/N-ethyl adjacent to an activating group) is 1. The molecule has 0 saturated carbocycles. The van der Waals surface area contributed by atoms with E-state index in [9.17, 15) is 0 Å². The maximum Gasteiger partial charge on any atom is 0.0577 e. The Hall–Kier alpha value is -0.740. The largest absolute Gasteiger partial charge is 0.397 e. The van der Waals surface area contributed by atoms with E-state index in [0.29, 0.717) is 6.04 Å². The minimum Gasteiger partial charge on any atom is -0.397 e. The lowest BCUT2D eigenvalue weighted by Gasteiger charge is -2.24. The quantitative estimate of drug-likeness (QED) is 0.793. The highest BCUT2D eigenvalue weighted by molar-refractivity contribution is 9.10. The monoisotopic (exact) mass is 299 g/mol. The van der Waals surface area contributed by atoms with Crippen LogP contribution in [0, 0.1) is 0 Å². The molecular formula is C13H22BrN3. The molecule has 0 aliphatic heterocycles. The van der Waals surface area contributed by atoms with E-state index in [1.165, 1.54) is 0 Å². The number of nitrogens with one attached hydrogen (secondary N) is 1. The van der Waals surface area contributed by atoms with Gasteiger partial charge in [0.2, 0.25) is 0 Å². The molecule has 3 N–H and O–H groups in total. The topological polar surface area (TPSA) is 41.3 Å². The van der Waals surface area contributed by atoms with Crippen LogP contribution in [0.25, 0.3) is 0 Å². The summed E-state index contributed by atoms with van der Waals surface area (Å²) in [7, 11) is 0. The molecule has 0 heterocycles. The third-order valence-electron chi connectivity index (χ3n) is 2.84. The van der Waals surface area contributed by atoms with Crippen molar-refractivity contribution in [2.45, 2.75) is 26.8 Å². The smallest absolute Gasteiger partial charge is 0.0577 e. The van der Waals surface area contributed by atoms with Crippen LogP contribution in [0.3, 0.4) is 0 Å². The summed E-state index contributed by atoms with van der Waals surface area (Å²) in [4.78, 5) is 2.40. The molecule has 4 heteroatoms. The molecule has 1 unspecified atom stereocenters. The van der Waals surface area contributed by atoms with Crippen LogP contribution in [0.1, 0.15) is 20.8 Å². The molecule has 0 aromatic heterocycles. The van der Waals surface area contributed by atoms with E-state index < -0.39 is 0 Å². The summed E-state index contributed by atoms with van der Waals surface area (Å²) in [5.74, 6) is 0. The van der Waals surface area contributed by atoms with Gasteiger partial charge in [0.25, 0.3) is 0 Å². The average molecular weight is 300 g/mol. The van der Waals surface area contributed by atoms with E-state index in [-0.39, 0.29) is 0 Å². The number of benzene rings is 1. The van der Waals surface area contributed by atoms with Crippen molar-refractivity contribution < 1.29 is 0 Å². The third-order valence-corrected chi connectivity index (χ3v) is 3.34. The first kappa shape index (κ1) is 14.3. The number of hydrogen-bond donors (Lipinski definition) is 2. The summed E-state index contributed by atoms with van der Waals surface area (Å²) in [6.45, 7) is 9.74. The summed E-state index contributed by atoms with van der Waals surface area (Å²) < 4.78 is 1.01. The Morgan fingerprint density at radius 3 is 2.53 bits per heavy atom. The summed E-state index contributed by atoms with van der Waals surface area (Å²) in [5.41, 5.74) is 7.75. The van der Waals surface area contributed by atoms with Crippen LogP contribution in [0.4, 0.5) is 11.4 Å².